The molecule has 0 saturated carbocycles. The number of oxime groups is 1. The van der Waals surface area contributed by atoms with Crippen molar-refractivity contribution in [3.05, 3.63) is 94.3 Å². The first-order chi connectivity index (χ1) is 13.3. The number of hydrogen-bond acceptors (Lipinski definition) is 5. The SMILES string of the molecule is O=S(=O)(c1ccc(Cl)cc1)C(c1ccc(/C=N/O)cn1)c1cc(F)ccc1F. The van der Waals surface area contributed by atoms with E-state index in [2.05, 4.69) is 10.1 Å². The summed E-state index contributed by atoms with van der Waals surface area (Å²) >= 11 is 5.82. The predicted octanol–water partition coefficient (Wildman–Crippen LogP) is 4.38. The molecule has 9 heteroatoms. The Kier molecular flexibility index (Phi) is 5.71. The summed E-state index contributed by atoms with van der Waals surface area (Å²) in [6, 6.07) is 10.7. The van der Waals surface area contributed by atoms with Crippen LogP contribution >= 0.6 is 11.6 Å². The second-order valence-electron chi connectivity index (χ2n) is 5.81. The van der Waals surface area contributed by atoms with Crippen molar-refractivity contribution < 1.29 is 22.4 Å². The number of pyridine rings is 1. The van der Waals surface area contributed by atoms with Crippen LogP contribution in [0.2, 0.25) is 5.02 Å². The van der Waals surface area contributed by atoms with E-state index in [0.717, 1.165) is 24.4 Å². The Balaban J connectivity index is 2.22. The van der Waals surface area contributed by atoms with E-state index in [0.29, 0.717) is 10.6 Å². The minimum absolute atomic E-state index is 0.0189. The van der Waals surface area contributed by atoms with Crippen molar-refractivity contribution in [3.8, 4) is 0 Å². The third-order valence-electron chi connectivity index (χ3n) is 3.98. The first-order valence-electron chi connectivity index (χ1n) is 7.90. The standard InChI is InChI=1S/C19H13ClF2N2O3S/c20-13-2-5-15(6-3-13)28(26,27)19(16-9-14(21)4-7-17(16)22)18-8-1-12(10-23-18)11-24-25/h1-11,19,25H/b24-11+. The lowest BCUT2D eigenvalue weighted by Gasteiger charge is -2.19. The highest BCUT2D eigenvalue weighted by molar-refractivity contribution is 7.91. The number of rotatable bonds is 5. The lowest BCUT2D eigenvalue weighted by atomic mass is 10.1. The van der Waals surface area contributed by atoms with Crippen molar-refractivity contribution in [2.24, 2.45) is 5.16 Å². The Labute approximate surface area is 164 Å². The summed E-state index contributed by atoms with van der Waals surface area (Å²) in [6.45, 7) is 0. The molecule has 0 saturated heterocycles. The minimum atomic E-state index is -4.20. The Morgan fingerprint density at radius 2 is 1.79 bits per heavy atom. The van der Waals surface area contributed by atoms with Crippen LogP contribution in [0.25, 0.3) is 0 Å². The quantitative estimate of drug-likeness (QED) is 0.376. The number of nitrogens with zero attached hydrogens (tertiary/aromatic N) is 2. The smallest absolute Gasteiger partial charge is 0.191 e. The zero-order chi connectivity index (χ0) is 20.3. The van der Waals surface area contributed by atoms with E-state index in [9.17, 15) is 17.2 Å². The molecule has 0 bridgehead atoms. The molecule has 2 aromatic carbocycles. The van der Waals surface area contributed by atoms with Crippen molar-refractivity contribution in [2.45, 2.75) is 10.1 Å². The molecule has 0 amide bonds. The Hall–Kier alpha value is -2.84. The van der Waals surface area contributed by atoms with Crippen LogP contribution in [-0.2, 0) is 9.84 Å². The predicted molar refractivity (Wildman–Crippen MR) is 100 cm³/mol. The fourth-order valence-electron chi connectivity index (χ4n) is 2.68. The van der Waals surface area contributed by atoms with Gasteiger partial charge in [0.25, 0.3) is 0 Å². The molecule has 1 atom stereocenters. The maximum absolute atomic E-state index is 14.5. The number of hydrogen-bond donors (Lipinski definition) is 1. The van der Waals surface area contributed by atoms with Gasteiger partial charge in [-0.3, -0.25) is 4.98 Å². The lowest BCUT2D eigenvalue weighted by Crippen LogP contribution is -2.18. The number of halogens is 3. The largest absolute Gasteiger partial charge is 0.411 e. The van der Waals surface area contributed by atoms with E-state index >= 15 is 0 Å². The molecular weight excluding hydrogens is 410 g/mol. The van der Waals surface area contributed by atoms with Gasteiger partial charge >= 0.3 is 0 Å². The van der Waals surface area contributed by atoms with Crippen LogP contribution in [-0.4, -0.2) is 24.8 Å². The first-order valence-corrected chi connectivity index (χ1v) is 9.83. The van der Waals surface area contributed by atoms with Crippen LogP contribution in [0.3, 0.4) is 0 Å². The van der Waals surface area contributed by atoms with Gasteiger partial charge in [-0.25, -0.2) is 17.2 Å². The van der Waals surface area contributed by atoms with Gasteiger partial charge in [-0.05, 0) is 54.6 Å². The molecule has 3 aromatic rings. The van der Waals surface area contributed by atoms with Gasteiger partial charge in [-0.1, -0.05) is 16.8 Å². The molecule has 0 aliphatic carbocycles. The summed E-state index contributed by atoms with van der Waals surface area (Å²) in [5.41, 5.74) is 0.00849. The Morgan fingerprint density at radius 1 is 1.07 bits per heavy atom. The van der Waals surface area contributed by atoms with E-state index in [1.54, 1.807) is 0 Å². The van der Waals surface area contributed by atoms with Crippen molar-refractivity contribution >= 4 is 27.7 Å². The third kappa shape index (κ3) is 4.02. The van der Waals surface area contributed by atoms with Gasteiger partial charge in [0.2, 0.25) is 0 Å². The van der Waals surface area contributed by atoms with E-state index in [4.69, 9.17) is 16.8 Å². The number of sulfone groups is 1. The zero-order valence-electron chi connectivity index (χ0n) is 14.1. The number of aromatic nitrogens is 1. The summed E-state index contributed by atoms with van der Waals surface area (Å²) in [4.78, 5) is 3.94. The highest BCUT2D eigenvalue weighted by atomic mass is 35.5. The minimum Gasteiger partial charge on any atom is -0.411 e. The van der Waals surface area contributed by atoms with E-state index in [1.165, 1.54) is 42.6 Å². The molecule has 1 aromatic heterocycles. The zero-order valence-corrected chi connectivity index (χ0v) is 15.7. The van der Waals surface area contributed by atoms with Gasteiger partial charge in [0.1, 0.15) is 16.9 Å². The Morgan fingerprint density at radius 3 is 2.39 bits per heavy atom. The topological polar surface area (TPSA) is 79.6 Å². The second-order valence-corrected chi connectivity index (χ2v) is 8.28. The van der Waals surface area contributed by atoms with Gasteiger partial charge in [-0.15, -0.1) is 0 Å². The highest BCUT2D eigenvalue weighted by Gasteiger charge is 2.34. The lowest BCUT2D eigenvalue weighted by molar-refractivity contribution is 0.322. The third-order valence-corrected chi connectivity index (χ3v) is 6.27. The summed E-state index contributed by atoms with van der Waals surface area (Å²) in [6.07, 6.45) is 2.36. The average molecular weight is 423 g/mol. The average Bonchev–Trinajstić information content (AvgIpc) is 2.66. The molecule has 3 rings (SSSR count). The molecule has 144 valence electrons. The second kappa shape index (κ2) is 8.04. The van der Waals surface area contributed by atoms with Gasteiger partial charge in [0.05, 0.1) is 16.8 Å². The molecule has 5 nitrogen and oxygen atoms in total. The first kappa shape index (κ1) is 19.9. The van der Waals surface area contributed by atoms with Crippen molar-refractivity contribution in [2.75, 3.05) is 0 Å². The monoisotopic (exact) mass is 422 g/mol. The fourth-order valence-corrected chi connectivity index (χ4v) is 4.56. The molecule has 0 aliphatic heterocycles. The number of benzene rings is 2. The molecule has 0 fully saturated rings. The summed E-state index contributed by atoms with van der Waals surface area (Å²) in [7, 11) is -4.20. The van der Waals surface area contributed by atoms with E-state index in [-0.39, 0.29) is 16.2 Å². The fraction of sp³-hybridized carbons (Fsp3) is 0.0526. The van der Waals surface area contributed by atoms with Crippen molar-refractivity contribution in [1.29, 1.82) is 0 Å². The van der Waals surface area contributed by atoms with E-state index in [1.807, 2.05) is 0 Å². The normalized spacial score (nSPS) is 13.0. The summed E-state index contributed by atoms with van der Waals surface area (Å²) in [5.74, 6) is -1.66. The van der Waals surface area contributed by atoms with Crippen LogP contribution in [0, 0.1) is 11.6 Å². The van der Waals surface area contributed by atoms with Crippen LogP contribution in [0.4, 0.5) is 8.78 Å². The molecule has 1 heterocycles. The highest BCUT2D eigenvalue weighted by Crippen LogP contribution is 2.36. The van der Waals surface area contributed by atoms with Crippen LogP contribution in [0.1, 0.15) is 22.1 Å². The molecule has 0 spiro atoms. The van der Waals surface area contributed by atoms with Gasteiger partial charge in [0, 0.05) is 22.3 Å². The summed E-state index contributed by atoms with van der Waals surface area (Å²) in [5, 5.41) is 10.2. The molecule has 0 aliphatic rings. The van der Waals surface area contributed by atoms with Crippen LogP contribution in [0.15, 0.2) is 70.8 Å². The molecule has 0 radical (unpaired) electrons. The van der Waals surface area contributed by atoms with Gasteiger partial charge in [-0.2, -0.15) is 0 Å². The molecular formula is C19H13ClF2N2O3S. The molecule has 1 unspecified atom stereocenters. The maximum Gasteiger partial charge on any atom is 0.191 e. The maximum atomic E-state index is 14.5. The van der Waals surface area contributed by atoms with Crippen molar-refractivity contribution in [3.63, 3.8) is 0 Å². The van der Waals surface area contributed by atoms with Crippen molar-refractivity contribution in [1.82, 2.24) is 4.98 Å². The Bertz CT molecular complexity index is 1120. The van der Waals surface area contributed by atoms with Gasteiger partial charge in [0.15, 0.2) is 9.84 Å². The van der Waals surface area contributed by atoms with Crippen LogP contribution < -0.4 is 0 Å². The van der Waals surface area contributed by atoms with Gasteiger partial charge < -0.3 is 5.21 Å². The summed E-state index contributed by atoms with van der Waals surface area (Å²) < 4.78 is 54.8. The van der Waals surface area contributed by atoms with Crippen LogP contribution in [0.5, 0.6) is 0 Å². The molecule has 28 heavy (non-hydrogen) atoms. The molecule has 1 N–H and O–H groups in total. The van der Waals surface area contributed by atoms with E-state index < -0.39 is 26.7 Å².